The minimum atomic E-state index is -4.56. The first kappa shape index (κ1) is 20.1. The van der Waals surface area contributed by atoms with E-state index in [0.29, 0.717) is 12.3 Å². The van der Waals surface area contributed by atoms with Crippen molar-refractivity contribution in [3.63, 3.8) is 0 Å². The largest absolute Gasteiger partial charge is 0.418 e. The molecule has 0 saturated heterocycles. The summed E-state index contributed by atoms with van der Waals surface area (Å²) in [6, 6.07) is 4.72. The zero-order valence-electron chi connectivity index (χ0n) is 13.2. The molecule has 0 aliphatic carbocycles. The highest BCUT2D eigenvalue weighted by molar-refractivity contribution is 8.00. The van der Waals surface area contributed by atoms with E-state index < -0.39 is 17.6 Å². The van der Waals surface area contributed by atoms with Crippen LogP contribution in [0.2, 0.25) is 0 Å². The van der Waals surface area contributed by atoms with Crippen LogP contribution in [0.5, 0.6) is 0 Å². The lowest BCUT2D eigenvalue weighted by molar-refractivity contribution is -0.137. The van der Waals surface area contributed by atoms with E-state index in [1.165, 1.54) is 34.9 Å². The smallest absolute Gasteiger partial charge is 0.333 e. The van der Waals surface area contributed by atoms with E-state index in [1.807, 2.05) is 0 Å². The van der Waals surface area contributed by atoms with E-state index in [2.05, 4.69) is 11.9 Å². The maximum atomic E-state index is 12.9. The molecule has 0 fully saturated rings. The Kier molecular flexibility index (Phi) is 7.84. The Bertz CT molecular complexity index is 591. The second kappa shape index (κ2) is 9.36. The minimum Gasteiger partial charge on any atom is -0.333 e. The third-order valence-electron chi connectivity index (χ3n) is 3.04. The van der Waals surface area contributed by atoms with Gasteiger partial charge < -0.3 is 10.2 Å². The normalized spacial score (nSPS) is 11.0. The molecule has 8 heteroatoms. The number of anilines is 1. The molecule has 2 amide bonds. The van der Waals surface area contributed by atoms with Gasteiger partial charge in [0.1, 0.15) is 0 Å². The van der Waals surface area contributed by atoms with Crippen LogP contribution in [0.4, 0.5) is 18.9 Å². The third-order valence-corrected chi connectivity index (χ3v) is 3.96. The van der Waals surface area contributed by atoms with E-state index in [1.54, 1.807) is 13.0 Å². The molecule has 0 aromatic heterocycles. The molecule has 0 heterocycles. The average Bonchev–Trinajstić information content (AvgIpc) is 2.52. The molecule has 0 unspecified atom stereocenters. The van der Waals surface area contributed by atoms with Gasteiger partial charge in [-0.3, -0.25) is 9.59 Å². The fourth-order valence-corrected chi connectivity index (χ4v) is 2.54. The standard InChI is InChI=1S/C16H19F3N2O2S/c1-3-9-24-11-15(23)21(4-2)10-14(22)20-13-8-6-5-7-12(13)16(17,18)19/h3,5-8H,1,4,9-11H2,2H3,(H,20,22). The fraction of sp³-hybridized carbons (Fsp3) is 0.375. The van der Waals surface area contributed by atoms with Gasteiger partial charge in [-0.1, -0.05) is 18.2 Å². The molecule has 0 atom stereocenters. The number of likely N-dealkylation sites (N-methyl/N-ethyl adjacent to an activating group) is 1. The molecule has 1 N–H and O–H groups in total. The molecular weight excluding hydrogens is 341 g/mol. The van der Waals surface area contributed by atoms with E-state index >= 15 is 0 Å². The van der Waals surface area contributed by atoms with Crippen molar-refractivity contribution in [2.75, 3.05) is 29.9 Å². The van der Waals surface area contributed by atoms with Gasteiger partial charge in [0.2, 0.25) is 11.8 Å². The summed E-state index contributed by atoms with van der Waals surface area (Å²) in [5, 5.41) is 2.23. The number of carbonyl (C=O) groups is 2. The summed E-state index contributed by atoms with van der Waals surface area (Å²) in [5.41, 5.74) is -1.24. The van der Waals surface area contributed by atoms with Crippen molar-refractivity contribution in [1.82, 2.24) is 4.90 Å². The third kappa shape index (κ3) is 6.27. The maximum absolute atomic E-state index is 12.9. The summed E-state index contributed by atoms with van der Waals surface area (Å²) in [4.78, 5) is 25.3. The fourth-order valence-electron chi connectivity index (χ4n) is 1.90. The van der Waals surface area contributed by atoms with Gasteiger partial charge in [0.25, 0.3) is 0 Å². The number of carbonyl (C=O) groups excluding carboxylic acids is 2. The second-order valence-electron chi connectivity index (χ2n) is 4.80. The number of hydrogen-bond donors (Lipinski definition) is 1. The molecule has 0 spiro atoms. The van der Waals surface area contributed by atoms with Gasteiger partial charge in [0.15, 0.2) is 0 Å². The van der Waals surface area contributed by atoms with Gasteiger partial charge in [-0.2, -0.15) is 13.2 Å². The maximum Gasteiger partial charge on any atom is 0.418 e. The molecule has 0 saturated carbocycles. The van der Waals surface area contributed by atoms with Gasteiger partial charge in [-0.05, 0) is 19.1 Å². The Morgan fingerprint density at radius 2 is 2.00 bits per heavy atom. The van der Waals surface area contributed by atoms with E-state index in [-0.39, 0.29) is 23.9 Å². The van der Waals surface area contributed by atoms with Crippen LogP contribution in [0.1, 0.15) is 12.5 Å². The quantitative estimate of drug-likeness (QED) is 0.571. The van der Waals surface area contributed by atoms with Gasteiger partial charge in [0, 0.05) is 12.3 Å². The first-order valence-corrected chi connectivity index (χ1v) is 8.37. The Morgan fingerprint density at radius 1 is 1.33 bits per heavy atom. The Hall–Kier alpha value is -1.96. The molecule has 0 aliphatic rings. The van der Waals surface area contributed by atoms with Crippen LogP contribution in [-0.4, -0.2) is 41.3 Å². The predicted molar refractivity (Wildman–Crippen MR) is 89.8 cm³/mol. The number of benzene rings is 1. The first-order valence-electron chi connectivity index (χ1n) is 7.22. The van der Waals surface area contributed by atoms with Gasteiger partial charge >= 0.3 is 6.18 Å². The van der Waals surface area contributed by atoms with Crippen molar-refractivity contribution in [3.05, 3.63) is 42.5 Å². The Balaban J connectivity index is 2.71. The van der Waals surface area contributed by atoms with Crippen LogP contribution < -0.4 is 5.32 Å². The molecule has 1 rings (SSSR count). The van der Waals surface area contributed by atoms with Crippen molar-refractivity contribution in [1.29, 1.82) is 0 Å². The number of halogens is 3. The molecular formula is C16H19F3N2O2S. The summed E-state index contributed by atoms with van der Waals surface area (Å²) >= 11 is 1.35. The molecule has 0 bridgehead atoms. The Labute approximate surface area is 143 Å². The van der Waals surface area contributed by atoms with Crippen molar-refractivity contribution in [2.45, 2.75) is 13.1 Å². The number of hydrogen-bond acceptors (Lipinski definition) is 3. The van der Waals surface area contributed by atoms with Crippen LogP contribution in [0.25, 0.3) is 0 Å². The molecule has 4 nitrogen and oxygen atoms in total. The monoisotopic (exact) mass is 360 g/mol. The van der Waals surface area contributed by atoms with Crippen LogP contribution in [0.15, 0.2) is 36.9 Å². The summed E-state index contributed by atoms with van der Waals surface area (Å²) in [5.74, 6) is -0.125. The van der Waals surface area contributed by atoms with Gasteiger partial charge in [-0.25, -0.2) is 0 Å². The lowest BCUT2D eigenvalue weighted by Gasteiger charge is -2.21. The zero-order valence-corrected chi connectivity index (χ0v) is 14.0. The van der Waals surface area contributed by atoms with Crippen LogP contribution in [0.3, 0.4) is 0 Å². The first-order chi connectivity index (χ1) is 11.3. The van der Waals surface area contributed by atoms with Crippen molar-refractivity contribution < 1.29 is 22.8 Å². The predicted octanol–water partition coefficient (Wildman–Crippen LogP) is 3.41. The SMILES string of the molecule is C=CCSCC(=O)N(CC)CC(=O)Nc1ccccc1C(F)(F)F. The highest BCUT2D eigenvalue weighted by atomic mass is 32.2. The average molecular weight is 360 g/mol. The molecule has 1 aromatic carbocycles. The lowest BCUT2D eigenvalue weighted by Crippen LogP contribution is -2.39. The van der Waals surface area contributed by atoms with E-state index in [0.717, 1.165) is 6.07 Å². The van der Waals surface area contributed by atoms with Crippen LogP contribution >= 0.6 is 11.8 Å². The van der Waals surface area contributed by atoms with Crippen LogP contribution in [0, 0.1) is 0 Å². The molecule has 0 radical (unpaired) electrons. The topological polar surface area (TPSA) is 49.4 Å². The van der Waals surface area contributed by atoms with Crippen molar-refractivity contribution in [2.24, 2.45) is 0 Å². The molecule has 0 aliphatic heterocycles. The number of thioether (sulfide) groups is 1. The number of para-hydroxylation sites is 1. The highest BCUT2D eigenvalue weighted by Gasteiger charge is 2.33. The van der Waals surface area contributed by atoms with Crippen molar-refractivity contribution >= 4 is 29.3 Å². The zero-order chi connectivity index (χ0) is 18.2. The van der Waals surface area contributed by atoms with E-state index in [9.17, 15) is 22.8 Å². The second-order valence-corrected chi connectivity index (χ2v) is 5.83. The lowest BCUT2D eigenvalue weighted by atomic mass is 10.1. The van der Waals surface area contributed by atoms with Crippen molar-refractivity contribution in [3.8, 4) is 0 Å². The highest BCUT2D eigenvalue weighted by Crippen LogP contribution is 2.34. The summed E-state index contributed by atoms with van der Waals surface area (Å²) in [7, 11) is 0. The van der Waals surface area contributed by atoms with Crippen LogP contribution in [-0.2, 0) is 15.8 Å². The summed E-state index contributed by atoms with van der Waals surface area (Å²) in [6.45, 7) is 5.24. The Morgan fingerprint density at radius 3 is 2.58 bits per heavy atom. The minimum absolute atomic E-state index is 0.187. The number of rotatable bonds is 8. The summed E-state index contributed by atoms with van der Waals surface area (Å²) in [6.07, 6.45) is -2.90. The molecule has 24 heavy (non-hydrogen) atoms. The van der Waals surface area contributed by atoms with Gasteiger partial charge in [-0.15, -0.1) is 18.3 Å². The number of amides is 2. The number of nitrogens with one attached hydrogen (secondary N) is 1. The molecule has 1 aromatic rings. The van der Waals surface area contributed by atoms with Gasteiger partial charge in [0.05, 0.1) is 23.5 Å². The number of alkyl halides is 3. The summed E-state index contributed by atoms with van der Waals surface area (Å²) < 4.78 is 38.7. The number of nitrogens with zero attached hydrogens (tertiary/aromatic N) is 1. The van der Waals surface area contributed by atoms with E-state index in [4.69, 9.17) is 0 Å². The molecule has 132 valence electrons.